The van der Waals surface area contributed by atoms with Gasteiger partial charge in [0.25, 0.3) is 0 Å². The smallest absolute Gasteiger partial charge is 0.230 e. The molecule has 5 heteroatoms. The van der Waals surface area contributed by atoms with E-state index in [-0.39, 0.29) is 5.91 Å². The topological polar surface area (TPSA) is 46.9 Å². The number of benzene rings is 1. The monoisotopic (exact) mass is 329 g/mol. The summed E-state index contributed by atoms with van der Waals surface area (Å²) >= 11 is 1.48. The molecule has 1 saturated carbocycles. The Morgan fingerprint density at radius 3 is 2.91 bits per heavy atom. The first-order valence-electron chi connectivity index (χ1n) is 8.07. The van der Waals surface area contributed by atoms with Crippen molar-refractivity contribution < 1.29 is 4.79 Å². The van der Waals surface area contributed by atoms with Crippen LogP contribution in [0.5, 0.6) is 0 Å². The van der Waals surface area contributed by atoms with Gasteiger partial charge < -0.3 is 5.32 Å². The van der Waals surface area contributed by atoms with Crippen LogP contribution < -0.4 is 5.32 Å². The molecule has 0 bridgehead atoms. The molecule has 1 fully saturated rings. The lowest BCUT2D eigenvalue weighted by atomic mass is 10.1. The van der Waals surface area contributed by atoms with E-state index < -0.39 is 0 Å². The van der Waals surface area contributed by atoms with Gasteiger partial charge in [0, 0.05) is 18.4 Å². The van der Waals surface area contributed by atoms with E-state index in [2.05, 4.69) is 53.8 Å². The lowest BCUT2D eigenvalue weighted by Gasteiger charge is -2.13. The number of thioether (sulfide) groups is 1. The number of carbonyl (C=O) groups excluding carboxylic acids is 1. The van der Waals surface area contributed by atoms with Crippen LogP contribution >= 0.6 is 11.8 Å². The molecule has 0 spiro atoms. The second-order valence-electron chi connectivity index (χ2n) is 6.35. The Balaban J connectivity index is 1.65. The van der Waals surface area contributed by atoms with E-state index in [0.29, 0.717) is 17.7 Å². The second-order valence-corrected chi connectivity index (χ2v) is 7.29. The van der Waals surface area contributed by atoms with E-state index in [4.69, 9.17) is 0 Å². The fourth-order valence-electron chi connectivity index (χ4n) is 2.80. The number of aromatic nitrogens is 2. The molecule has 0 radical (unpaired) electrons. The molecule has 4 nitrogen and oxygen atoms in total. The Labute approximate surface area is 141 Å². The van der Waals surface area contributed by atoms with Gasteiger partial charge in [-0.25, -0.2) is 4.98 Å². The van der Waals surface area contributed by atoms with Crippen LogP contribution in [0, 0.1) is 19.8 Å². The van der Waals surface area contributed by atoms with Gasteiger partial charge in [-0.2, -0.15) is 0 Å². The minimum absolute atomic E-state index is 0.0876. The van der Waals surface area contributed by atoms with Crippen molar-refractivity contribution >= 4 is 17.7 Å². The molecule has 0 saturated heterocycles. The van der Waals surface area contributed by atoms with Crippen molar-refractivity contribution in [1.82, 2.24) is 14.9 Å². The van der Waals surface area contributed by atoms with Crippen LogP contribution in [0.2, 0.25) is 0 Å². The van der Waals surface area contributed by atoms with Crippen LogP contribution in [-0.2, 0) is 4.79 Å². The first kappa shape index (κ1) is 16.1. The van der Waals surface area contributed by atoms with Crippen LogP contribution in [0.25, 0.3) is 5.69 Å². The SMILES string of the molecule is Cc1ccc(-n2ccnc2SCC(=O)NC(C)C2CC2)c(C)c1. The Morgan fingerprint density at radius 2 is 2.22 bits per heavy atom. The Hall–Kier alpha value is -1.75. The third-order valence-electron chi connectivity index (χ3n) is 4.27. The molecule has 3 rings (SSSR count). The second kappa shape index (κ2) is 6.79. The fourth-order valence-corrected chi connectivity index (χ4v) is 3.57. The van der Waals surface area contributed by atoms with Crippen molar-refractivity contribution in [3.8, 4) is 5.69 Å². The van der Waals surface area contributed by atoms with E-state index in [9.17, 15) is 4.79 Å². The van der Waals surface area contributed by atoms with Crippen LogP contribution in [0.15, 0.2) is 35.7 Å². The van der Waals surface area contributed by atoms with Crippen LogP contribution in [0.4, 0.5) is 0 Å². The van der Waals surface area contributed by atoms with E-state index >= 15 is 0 Å². The molecule has 0 aliphatic heterocycles. The summed E-state index contributed by atoms with van der Waals surface area (Å²) in [7, 11) is 0. The van der Waals surface area contributed by atoms with Crippen LogP contribution in [0.3, 0.4) is 0 Å². The van der Waals surface area contributed by atoms with E-state index in [0.717, 1.165) is 10.8 Å². The molecule has 1 aliphatic rings. The maximum atomic E-state index is 12.1. The number of hydrogen-bond donors (Lipinski definition) is 1. The quantitative estimate of drug-likeness (QED) is 0.825. The average molecular weight is 329 g/mol. The van der Waals surface area contributed by atoms with Crippen LogP contribution in [0.1, 0.15) is 30.9 Å². The van der Waals surface area contributed by atoms with Crippen molar-refractivity contribution in [2.24, 2.45) is 5.92 Å². The molecule has 1 aromatic heterocycles. The van der Waals surface area contributed by atoms with Gasteiger partial charge in [0.15, 0.2) is 5.16 Å². The Morgan fingerprint density at radius 1 is 1.43 bits per heavy atom. The molecule has 1 aromatic carbocycles. The maximum absolute atomic E-state index is 12.1. The first-order valence-corrected chi connectivity index (χ1v) is 9.06. The molecular formula is C18H23N3OS. The number of aryl methyl sites for hydroxylation is 2. The third kappa shape index (κ3) is 3.96. The van der Waals surface area contributed by atoms with E-state index in [1.807, 2.05) is 6.20 Å². The molecule has 1 N–H and O–H groups in total. The van der Waals surface area contributed by atoms with Crippen molar-refractivity contribution in [3.63, 3.8) is 0 Å². The standard InChI is InChI=1S/C18H23N3OS/c1-12-4-7-16(13(2)10-12)21-9-8-19-18(21)23-11-17(22)20-14(3)15-5-6-15/h4,7-10,14-15H,5-6,11H2,1-3H3,(H,20,22). The molecule has 1 aliphatic carbocycles. The summed E-state index contributed by atoms with van der Waals surface area (Å²) in [4.78, 5) is 16.5. The van der Waals surface area contributed by atoms with Gasteiger partial charge in [-0.3, -0.25) is 9.36 Å². The van der Waals surface area contributed by atoms with Crippen molar-refractivity contribution in [2.45, 2.75) is 44.8 Å². The predicted octanol–water partition coefficient (Wildman–Crippen LogP) is 3.50. The fraction of sp³-hybridized carbons (Fsp3) is 0.444. The highest BCUT2D eigenvalue weighted by atomic mass is 32.2. The van der Waals surface area contributed by atoms with Crippen molar-refractivity contribution in [3.05, 3.63) is 41.7 Å². The van der Waals surface area contributed by atoms with Gasteiger partial charge in [-0.05, 0) is 51.2 Å². The minimum Gasteiger partial charge on any atom is -0.353 e. The molecule has 122 valence electrons. The summed E-state index contributed by atoms with van der Waals surface area (Å²) in [6, 6.07) is 6.66. The molecular weight excluding hydrogens is 306 g/mol. The summed E-state index contributed by atoms with van der Waals surface area (Å²) in [5.74, 6) is 1.17. The molecule has 1 atom stereocenters. The van der Waals surface area contributed by atoms with E-state index in [1.54, 1.807) is 6.20 Å². The third-order valence-corrected chi connectivity index (χ3v) is 5.24. The maximum Gasteiger partial charge on any atom is 0.230 e. The number of nitrogens with one attached hydrogen (secondary N) is 1. The molecule has 23 heavy (non-hydrogen) atoms. The van der Waals surface area contributed by atoms with Gasteiger partial charge in [-0.15, -0.1) is 0 Å². The van der Waals surface area contributed by atoms with Gasteiger partial charge >= 0.3 is 0 Å². The highest BCUT2D eigenvalue weighted by molar-refractivity contribution is 7.99. The summed E-state index contributed by atoms with van der Waals surface area (Å²) < 4.78 is 2.05. The number of nitrogens with zero attached hydrogens (tertiary/aromatic N) is 2. The van der Waals surface area contributed by atoms with Gasteiger partial charge in [0.2, 0.25) is 5.91 Å². The van der Waals surface area contributed by atoms with Crippen molar-refractivity contribution in [2.75, 3.05) is 5.75 Å². The lowest BCUT2D eigenvalue weighted by molar-refractivity contribution is -0.119. The summed E-state index contributed by atoms with van der Waals surface area (Å²) in [5, 5.41) is 3.94. The summed E-state index contributed by atoms with van der Waals surface area (Å²) in [5.41, 5.74) is 3.56. The zero-order chi connectivity index (χ0) is 16.4. The molecule has 1 amide bonds. The van der Waals surface area contributed by atoms with Gasteiger partial charge in [0.05, 0.1) is 11.4 Å². The highest BCUT2D eigenvalue weighted by Gasteiger charge is 2.28. The van der Waals surface area contributed by atoms with Gasteiger partial charge in [0.1, 0.15) is 0 Å². The lowest BCUT2D eigenvalue weighted by Crippen LogP contribution is -2.35. The summed E-state index contributed by atoms with van der Waals surface area (Å²) in [6.07, 6.45) is 6.22. The largest absolute Gasteiger partial charge is 0.353 e. The predicted molar refractivity (Wildman–Crippen MR) is 94.1 cm³/mol. The van der Waals surface area contributed by atoms with Gasteiger partial charge in [-0.1, -0.05) is 29.5 Å². The molecule has 2 aromatic rings. The normalized spacial score (nSPS) is 15.4. The number of imidazole rings is 1. The average Bonchev–Trinajstić information content (AvgIpc) is 3.25. The first-order chi connectivity index (χ1) is 11.0. The number of hydrogen-bond acceptors (Lipinski definition) is 3. The number of rotatable bonds is 6. The summed E-state index contributed by atoms with van der Waals surface area (Å²) in [6.45, 7) is 6.28. The zero-order valence-corrected chi connectivity index (χ0v) is 14.7. The van der Waals surface area contributed by atoms with Crippen molar-refractivity contribution in [1.29, 1.82) is 0 Å². The molecule has 1 heterocycles. The Bertz CT molecular complexity index is 706. The molecule has 1 unspecified atom stereocenters. The Kier molecular flexibility index (Phi) is 4.76. The van der Waals surface area contributed by atoms with Crippen LogP contribution in [-0.4, -0.2) is 27.3 Å². The zero-order valence-electron chi connectivity index (χ0n) is 13.9. The minimum atomic E-state index is 0.0876. The van der Waals surface area contributed by atoms with E-state index in [1.165, 1.54) is 35.7 Å². The number of amides is 1. The highest BCUT2D eigenvalue weighted by Crippen LogP contribution is 2.32. The number of carbonyl (C=O) groups is 1.